The normalized spacial score (nSPS) is 12.9. The Morgan fingerprint density at radius 1 is 0.619 bits per heavy atom. The molecule has 0 atom stereocenters. The van der Waals surface area contributed by atoms with Gasteiger partial charge in [0, 0.05) is 25.9 Å². The van der Waals surface area contributed by atoms with Gasteiger partial charge in [-0.15, -0.1) is 0 Å². The van der Waals surface area contributed by atoms with E-state index in [0.717, 1.165) is 45.1 Å². The van der Waals surface area contributed by atoms with Gasteiger partial charge in [0.2, 0.25) is 0 Å². The summed E-state index contributed by atoms with van der Waals surface area (Å²) in [6.45, 7) is 17.7. The lowest BCUT2D eigenvalue weighted by atomic mass is 10.2. The molecule has 0 bridgehead atoms. The minimum Gasteiger partial charge on any atom is -0.373 e. The van der Waals surface area contributed by atoms with Crippen molar-refractivity contribution in [1.82, 2.24) is 0 Å². The maximum absolute atomic E-state index is 6.15. The molecule has 0 rings (SSSR count). The Hall–Kier alpha value is 0.0969. The fourth-order valence-corrected chi connectivity index (χ4v) is 3.93. The van der Waals surface area contributed by atoms with Crippen LogP contribution in [0.3, 0.4) is 0 Å². The van der Waals surface area contributed by atoms with Crippen molar-refractivity contribution >= 4 is 8.80 Å². The third kappa shape index (κ3) is 11.3. The summed E-state index contributed by atoms with van der Waals surface area (Å²) in [7, 11) is -2.47. The maximum atomic E-state index is 6.15. The van der Waals surface area contributed by atoms with Crippen molar-refractivity contribution in [1.29, 1.82) is 0 Å². The van der Waals surface area contributed by atoms with Gasteiger partial charge in [-0.25, -0.2) is 0 Å². The van der Waals surface area contributed by atoms with E-state index in [-0.39, 0.29) is 0 Å². The molecule has 0 aromatic carbocycles. The summed E-state index contributed by atoms with van der Waals surface area (Å²) in [6.07, 6.45) is 3.20. The summed E-state index contributed by atoms with van der Waals surface area (Å²) >= 11 is 0. The molecular formula is C17H38O3Si. The van der Waals surface area contributed by atoms with Gasteiger partial charge < -0.3 is 13.3 Å². The second kappa shape index (κ2) is 11.6. The second-order valence-corrected chi connectivity index (χ2v) is 10.1. The van der Waals surface area contributed by atoms with Crippen molar-refractivity contribution < 1.29 is 13.3 Å². The predicted octanol–water partition coefficient (Wildman–Crippen LogP) is 5.13. The summed E-state index contributed by atoms with van der Waals surface area (Å²) in [6, 6.07) is 0.862. The first-order valence-corrected chi connectivity index (χ1v) is 10.7. The summed E-state index contributed by atoms with van der Waals surface area (Å²) in [5.41, 5.74) is 0. The lowest BCUT2D eigenvalue weighted by Crippen LogP contribution is -2.46. The monoisotopic (exact) mass is 318 g/mol. The molecule has 3 nitrogen and oxygen atoms in total. The Balaban J connectivity index is 4.43. The van der Waals surface area contributed by atoms with Crippen LogP contribution in [-0.4, -0.2) is 28.6 Å². The highest BCUT2D eigenvalue weighted by Crippen LogP contribution is 2.19. The zero-order valence-corrected chi connectivity index (χ0v) is 16.4. The Bertz CT molecular complexity index is 206. The minimum atomic E-state index is -2.47. The van der Waals surface area contributed by atoms with E-state index < -0.39 is 8.80 Å². The molecule has 0 saturated carbocycles. The minimum absolute atomic E-state index is 0.653. The average molecular weight is 319 g/mol. The molecule has 0 fully saturated rings. The largest absolute Gasteiger partial charge is 0.500 e. The van der Waals surface area contributed by atoms with E-state index in [2.05, 4.69) is 48.5 Å². The topological polar surface area (TPSA) is 27.7 Å². The number of rotatable bonds is 13. The summed E-state index contributed by atoms with van der Waals surface area (Å²) in [5, 5.41) is 0. The van der Waals surface area contributed by atoms with E-state index in [4.69, 9.17) is 13.3 Å². The lowest BCUT2D eigenvalue weighted by molar-refractivity contribution is 0.0513. The highest BCUT2D eigenvalue weighted by Gasteiger charge is 2.39. The molecule has 0 aliphatic heterocycles. The van der Waals surface area contributed by atoms with Crippen molar-refractivity contribution in [3.05, 3.63) is 0 Å². The molecule has 0 N–H and O–H groups in total. The van der Waals surface area contributed by atoms with Crippen LogP contribution in [-0.2, 0) is 13.3 Å². The van der Waals surface area contributed by atoms with Crippen LogP contribution in [0.4, 0.5) is 0 Å². The maximum Gasteiger partial charge on any atom is 0.500 e. The van der Waals surface area contributed by atoms with Crippen LogP contribution in [0.1, 0.15) is 67.7 Å². The molecule has 0 heterocycles. The van der Waals surface area contributed by atoms with Gasteiger partial charge in [-0.3, -0.25) is 0 Å². The van der Waals surface area contributed by atoms with Gasteiger partial charge in [0.05, 0.1) is 0 Å². The summed E-state index contributed by atoms with van der Waals surface area (Å²) in [4.78, 5) is 0. The predicted molar refractivity (Wildman–Crippen MR) is 92.5 cm³/mol. The van der Waals surface area contributed by atoms with Crippen molar-refractivity contribution in [3.63, 3.8) is 0 Å². The quantitative estimate of drug-likeness (QED) is 0.440. The highest BCUT2D eigenvalue weighted by molar-refractivity contribution is 6.60. The van der Waals surface area contributed by atoms with Crippen molar-refractivity contribution in [2.24, 2.45) is 17.8 Å². The van der Waals surface area contributed by atoms with Crippen LogP contribution >= 0.6 is 0 Å². The van der Waals surface area contributed by atoms with E-state index in [1.54, 1.807) is 0 Å². The third-order valence-electron chi connectivity index (χ3n) is 3.48. The van der Waals surface area contributed by atoms with Gasteiger partial charge in [0.15, 0.2) is 0 Å². The van der Waals surface area contributed by atoms with E-state index >= 15 is 0 Å². The Kier molecular flexibility index (Phi) is 11.7. The summed E-state index contributed by atoms with van der Waals surface area (Å²) in [5.74, 6) is 1.96. The number of hydrogen-bond acceptors (Lipinski definition) is 3. The Morgan fingerprint density at radius 3 is 1.10 bits per heavy atom. The van der Waals surface area contributed by atoms with Gasteiger partial charge in [0.25, 0.3) is 0 Å². The zero-order chi connectivity index (χ0) is 16.3. The first kappa shape index (κ1) is 21.1. The first-order chi connectivity index (χ1) is 9.81. The molecule has 21 heavy (non-hydrogen) atoms. The molecule has 0 aromatic heterocycles. The average Bonchev–Trinajstić information content (AvgIpc) is 2.36. The van der Waals surface area contributed by atoms with Gasteiger partial charge in [-0.05, 0) is 37.0 Å². The van der Waals surface area contributed by atoms with Gasteiger partial charge in [-0.1, -0.05) is 48.5 Å². The van der Waals surface area contributed by atoms with Crippen molar-refractivity contribution in [2.75, 3.05) is 19.8 Å². The molecular weight excluding hydrogens is 280 g/mol. The lowest BCUT2D eigenvalue weighted by Gasteiger charge is -2.29. The molecule has 0 saturated heterocycles. The molecule has 0 aliphatic carbocycles. The van der Waals surface area contributed by atoms with E-state index in [1.165, 1.54) is 0 Å². The first-order valence-electron chi connectivity index (χ1n) is 8.73. The van der Waals surface area contributed by atoms with Gasteiger partial charge in [-0.2, -0.15) is 0 Å². The molecule has 0 aromatic rings. The molecule has 0 unspecified atom stereocenters. The summed E-state index contributed by atoms with van der Waals surface area (Å²) < 4.78 is 18.4. The smallest absolute Gasteiger partial charge is 0.373 e. The molecule has 0 aliphatic rings. The fourth-order valence-electron chi connectivity index (χ4n) is 1.78. The third-order valence-corrected chi connectivity index (χ3v) is 6.28. The molecule has 128 valence electrons. The van der Waals surface area contributed by atoms with Crippen LogP contribution in [0, 0.1) is 17.8 Å². The SMILES string of the molecule is CC[Si](OCCC(C)C)(OCCC(C)C)OCCC(C)C. The van der Waals surface area contributed by atoms with Crippen LogP contribution in [0.2, 0.25) is 6.04 Å². The second-order valence-electron chi connectivity index (χ2n) is 7.13. The van der Waals surface area contributed by atoms with Crippen molar-refractivity contribution in [2.45, 2.75) is 73.8 Å². The molecule has 4 heteroatoms. The van der Waals surface area contributed by atoms with Gasteiger partial charge in [0.1, 0.15) is 0 Å². The zero-order valence-electron chi connectivity index (χ0n) is 15.4. The standard InChI is InChI=1S/C17H38O3Si/c1-8-21(18-12-9-15(2)3,19-13-10-16(4)5)20-14-11-17(6)7/h15-17H,8-14H2,1-7H3. The fraction of sp³-hybridized carbons (Fsp3) is 1.00. The van der Waals surface area contributed by atoms with E-state index in [1.807, 2.05) is 0 Å². The van der Waals surface area contributed by atoms with E-state index in [9.17, 15) is 0 Å². The molecule has 0 radical (unpaired) electrons. The van der Waals surface area contributed by atoms with Crippen molar-refractivity contribution in [3.8, 4) is 0 Å². The Morgan fingerprint density at radius 2 is 0.905 bits per heavy atom. The van der Waals surface area contributed by atoms with Gasteiger partial charge >= 0.3 is 8.80 Å². The van der Waals surface area contributed by atoms with Crippen LogP contribution in [0.25, 0.3) is 0 Å². The number of hydrogen-bond donors (Lipinski definition) is 0. The molecule has 0 amide bonds. The van der Waals surface area contributed by atoms with Crippen LogP contribution in [0.15, 0.2) is 0 Å². The molecule has 0 spiro atoms. The van der Waals surface area contributed by atoms with Crippen LogP contribution < -0.4 is 0 Å². The highest BCUT2D eigenvalue weighted by atomic mass is 28.4. The Labute approximate surface area is 134 Å². The van der Waals surface area contributed by atoms with E-state index in [0.29, 0.717) is 17.8 Å². The van der Waals surface area contributed by atoms with Crippen LogP contribution in [0.5, 0.6) is 0 Å².